The summed E-state index contributed by atoms with van der Waals surface area (Å²) in [5.74, 6) is -1.06. The van der Waals surface area contributed by atoms with Gasteiger partial charge in [-0.05, 0) is 92.1 Å². The highest BCUT2D eigenvalue weighted by Gasteiger charge is 2.31. The first-order valence-electron chi connectivity index (χ1n) is 16.7. The van der Waals surface area contributed by atoms with Crippen LogP contribution in [0.4, 0.5) is 0 Å². The van der Waals surface area contributed by atoms with Crippen LogP contribution in [-0.4, -0.2) is 59.7 Å². The number of aromatic amines is 1. The molecule has 10 heteroatoms. The Kier molecular flexibility index (Phi) is 11.6. The molecule has 4 aromatic rings. The lowest BCUT2D eigenvalue weighted by Crippen LogP contribution is -2.27. The van der Waals surface area contributed by atoms with Crippen molar-refractivity contribution in [2.24, 2.45) is 0 Å². The summed E-state index contributed by atoms with van der Waals surface area (Å²) < 4.78 is 16.4. The van der Waals surface area contributed by atoms with Gasteiger partial charge in [0.05, 0.1) is 20.3 Å². The standard InChI is InChI=1S/C39H44N2O8/c1-24-8-7-11-28(42)10-6-4-5-9-26-20-34(43)37(38(45)36(26)39(46)49-24)32(25-12-14-29(47-2)15-13-25)22-35(44)40-19-18-27-23-41-33-17-16-30(48-3)21-31(27)33/h5,9,12-17,20-21,23-24,32,41,43,45H,4,6-8,10-11,18-19,22H2,1-3H3,(H,40,44)/t24-,32?/m0/s1. The zero-order valence-corrected chi connectivity index (χ0v) is 28.2. The molecular formula is C39H44N2O8. The molecule has 2 heterocycles. The number of H-pyrrole nitrogens is 1. The SMILES string of the molecule is COc1ccc(C(CC(=O)NCCc2c[nH]c3ccc(OC)cc23)c2c(O)cc3c(c2O)C(=O)O[C@@H](C)CCCC(=O)CCCC=C3)cc1. The number of nitrogens with one attached hydrogen (secondary N) is 2. The van der Waals surface area contributed by atoms with Gasteiger partial charge in [0.1, 0.15) is 34.3 Å². The summed E-state index contributed by atoms with van der Waals surface area (Å²) in [4.78, 5) is 42.6. The summed E-state index contributed by atoms with van der Waals surface area (Å²) in [5, 5.41) is 27.2. The molecule has 5 rings (SSSR count). The molecule has 0 bridgehead atoms. The Morgan fingerprint density at radius 3 is 2.51 bits per heavy atom. The summed E-state index contributed by atoms with van der Waals surface area (Å²) in [7, 11) is 3.17. The van der Waals surface area contributed by atoms with Crippen molar-refractivity contribution in [3.63, 3.8) is 0 Å². The van der Waals surface area contributed by atoms with Gasteiger partial charge in [-0.1, -0.05) is 24.3 Å². The van der Waals surface area contributed by atoms with E-state index in [0.29, 0.717) is 62.8 Å². The molecule has 1 aliphatic rings. The third-order valence-electron chi connectivity index (χ3n) is 9.00. The van der Waals surface area contributed by atoms with Crippen LogP contribution in [-0.2, 0) is 20.7 Å². The first kappa shape index (κ1) is 35.1. The van der Waals surface area contributed by atoms with Crippen LogP contribution in [0.25, 0.3) is 17.0 Å². The molecule has 4 N–H and O–H groups in total. The number of Topliss-reactive ketones (excluding diaryl/α,β-unsaturated/α-hetero) is 1. The molecule has 0 aliphatic carbocycles. The fourth-order valence-electron chi connectivity index (χ4n) is 6.33. The quantitative estimate of drug-likeness (QED) is 0.140. The van der Waals surface area contributed by atoms with E-state index in [1.165, 1.54) is 6.07 Å². The summed E-state index contributed by atoms with van der Waals surface area (Å²) in [5.41, 5.74) is 2.87. The zero-order chi connectivity index (χ0) is 34.9. The molecule has 0 fully saturated rings. The predicted octanol–water partition coefficient (Wildman–Crippen LogP) is 6.96. The molecule has 1 aliphatic heterocycles. The van der Waals surface area contributed by atoms with Gasteiger partial charge in [0.2, 0.25) is 5.91 Å². The van der Waals surface area contributed by atoms with Crippen molar-refractivity contribution in [1.82, 2.24) is 10.3 Å². The Bertz CT molecular complexity index is 1830. The maximum absolute atomic E-state index is 13.6. The van der Waals surface area contributed by atoms with Crippen LogP contribution in [0.5, 0.6) is 23.0 Å². The Morgan fingerprint density at radius 2 is 1.76 bits per heavy atom. The number of hydrogen-bond donors (Lipinski definition) is 4. The van der Waals surface area contributed by atoms with Crippen LogP contribution < -0.4 is 14.8 Å². The van der Waals surface area contributed by atoms with Gasteiger partial charge in [-0.2, -0.15) is 0 Å². The molecule has 10 nitrogen and oxygen atoms in total. The molecule has 0 radical (unpaired) electrons. The number of amides is 1. The number of cyclic esters (lactones) is 1. The highest BCUT2D eigenvalue weighted by atomic mass is 16.5. The number of benzene rings is 3. The Labute approximate surface area is 286 Å². The van der Waals surface area contributed by atoms with Crippen molar-refractivity contribution in [2.45, 2.75) is 70.3 Å². The number of ether oxygens (including phenoxy) is 3. The van der Waals surface area contributed by atoms with Crippen molar-refractivity contribution < 1.29 is 38.8 Å². The second-order valence-corrected chi connectivity index (χ2v) is 12.4. The first-order chi connectivity index (χ1) is 23.7. The number of carbonyl (C=O) groups is 3. The fraction of sp³-hybridized carbons (Fsp3) is 0.359. The second-order valence-electron chi connectivity index (χ2n) is 12.4. The van der Waals surface area contributed by atoms with Gasteiger partial charge >= 0.3 is 5.97 Å². The maximum atomic E-state index is 13.6. The summed E-state index contributed by atoms with van der Waals surface area (Å²) in [6.45, 7) is 2.10. The number of ketones is 1. The number of hydrogen-bond acceptors (Lipinski definition) is 8. The van der Waals surface area contributed by atoms with Gasteiger partial charge in [0.25, 0.3) is 0 Å². The van der Waals surface area contributed by atoms with Crippen LogP contribution in [0.1, 0.15) is 90.4 Å². The minimum absolute atomic E-state index is 0.0486. The van der Waals surface area contributed by atoms with E-state index in [2.05, 4.69) is 10.3 Å². The van der Waals surface area contributed by atoms with Gasteiger partial charge in [0, 0.05) is 54.4 Å². The van der Waals surface area contributed by atoms with E-state index < -0.39 is 23.7 Å². The number of esters is 1. The fourth-order valence-corrected chi connectivity index (χ4v) is 6.33. The molecule has 0 saturated carbocycles. The largest absolute Gasteiger partial charge is 0.507 e. The number of allylic oxidation sites excluding steroid dienone is 1. The van der Waals surface area contributed by atoms with Gasteiger partial charge in [0.15, 0.2) is 0 Å². The highest BCUT2D eigenvalue weighted by Crippen LogP contribution is 2.44. The smallest absolute Gasteiger partial charge is 0.342 e. The molecule has 49 heavy (non-hydrogen) atoms. The lowest BCUT2D eigenvalue weighted by atomic mass is 9.84. The maximum Gasteiger partial charge on any atom is 0.342 e. The molecular weight excluding hydrogens is 624 g/mol. The number of phenols is 2. The van der Waals surface area contributed by atoms with Crippen LogP contribution in [0, 0.1) is 0 Å². The number of rotatable bonds is 9. The topological polar surface area (TPSA) is 147 Å². The lowest BCUT2D eigenvalue weighted by molar-refractivity contribution is -0.121. The van der Waals surface area contributed by atoms with E-state index in [1.807, 2.05) is 30.5 Å². The average Bonchev–Trinajstić information content (AvgIpc) is 3.49. The normalized spacial score (nSPS) is 16.3. The van der Waals surface area contributed by atoms with E-state index in [0.717, 1.165) is 22.2 Å². The highest BCUT2D eigenvalue weighted by molar-refractivity contribution is 5.98. The Hall–Kier alpha value is -5.25. The van der Waals surface area contributed by atoms with E-state index in [-0.39, 0.29) is 40.6 Å². The second kappa shape index (κ2) is 16.2. The molecule has 1 aromatic heterocycles. The van der Waals surface area contributed by atoms with Crippen molar-refractivity contribution in [2.75, 3.05) is 20.8 Å². The molecule has 1 unspecified atom stereocenters. The molecule has 3 aromatic carbocycles. The number of aromatic nitrogens is 1. The molecule has 0 saturated heterocycles. The minimum atomic E-state index is -0.818. The Balaban J connectivity index is 1.45. The first-order valence-corrected chi connectivity index (χ1v) is 16.7. The monoisotopic (exact) mass is 668 g/mol. The van der Waals surface area contributed by atoms with Crippen LogP contribution in [0.2, 0.25) is 0 Å². The molecule has 1 amide bonds. The number of fused-ring (bicyclic) bond motifs is 2. The Morgan fingerprint density at radius 1 is 1.02 bits per heavy atom. The number of methoxy groups -OCH3 is 2. The molecule has 2 atom stereocenters. The van der Waals surface area contributed by atoms with E-state index in [4.69, 9.17) is 14.2 Å². The zero-order valence-electron chi connectivity index (χ0n) is 28.2. The van der Waals surface area contributed by atoms with E-state index in [9.17, 15) is 24.6 Å². The average molecular weight is 669 g/mol. The number of phenolic OH excluding ortho intramolecular Hbond substituents is 2. The van der Waals surface area contributed by atoms with Gasteiger partial charge in [-0.3, -0.25) is 9.59 Å². The van der Waals surface area contributed by atoms with E-state index >= 15 is 0 Å². The minimum Gasteiger partial charge on any atom is -0.507 e. The molecule has 258 valence electrons. The van der Waals surface area contributed by atoms with Crippen LogP contribution >= 0.6 is 0 Å². The van der Waals surface area contributed by atoms with Crippen LogP contribution in [0.15, 0.2) is 60.8 Å². The van der Waals surface area contributed by atoms with Crippen molar-refractivity contribution in [3.8, 4) is 23.0 Å². The van der Waals surface area contributed by atoms with Gasteiger partial charge < -0.3 is 34.7 Å². The number of aromatic hydroxyl groups is 2. The number of carbonyl (C=O) groups excluding carboxylic acids is 3. The summed E-state index contributed by atoms with van der Waals surface area (Å²) in [6, 6.07) is 14.2. The van der Waals surface area contributed by atoms with Crippen molar-refractivity contribution in [1.29, 1.82) is 0 Å². The summed E-state index contributed by atoms with van der Waals surface area (Å²) >= 11 is 0. The van der Waals surface area contributed by atoms with Gasteiger partial charge in [-0.25, -0.2) is 4.79 Å². The third kappa shape index (κ3) is 8.62. The molecule has 0 spiro atoms. The predicted molar refractivity (Wildman–Crippen MR) is 187 cm³/mol. The van der Waals surface area contributed by atoms with E-state index in [1.54, 1.807) is 51.5 Å². The third-order valence-corrected chi connectivity index (χ3v) is 9.00. The van der Waals surface area contributed by atoms with Crippen molar-refractivity contribution in [3.05, 3.63) is 88.6 Å². The van der Waals surface area contributed by atoms with Crippen LogP contribution in [0.3, 0.4) is 0 Å². The summed E-state index contributed by atoms with van der Waals surface area (Å²) in [6.07, 6.45) is 8.52. The lowest BCUT2D eigenvalue weighted by Gasteiger charge is -2.23. The van der Waals surface area contributed by atoms with Gasteiger partial charge in [-0.15, -0.1) is 0 Å². The van der Waals surface area contributed by atoms with Crippen molar-refractivity contribution >= 4 is 34.6 Å².